The molecule has 0 aliphatic rings. The summed E-state index contributed by atoms with van der Waals surface area (Å²) in [5.74, 6) is -0.124. The van der Waals surface area contributed by atoms with Gasteiger partial charge < -0.3 is 9.88 Å². The summed E-state index contributed by atoms with van der Waals surface area (Å²) in [6, 6.07) is 13.5. The Labute approximate surface area is 144 Å². The van der Waals surface area contributed by atoms with Crippen molar-refractivity contribution in [3.8, 4) is 5.69 Å². The third-order valence-electron chi connectivity index (χ3n) is 4.26. The van der Waals surface area contributed by atoms with Gasteiger partial charge >= 0.3 is 0 Å². The first-order chi connectivity index (χ1) is 12.2. The van der Waals surface area contributed by atoms with Crippen molar-refractivity contribution in [1.82, 2.24) is 25.1 Å². The van der Waals surface area contributed by atoms with Crippen LogP contribution < -0.4 is 5.32 Å². The number of carbonyl (C=O) groups is 1. The highest BCUT2D eigenvalue weighted by Gasteiger charge is 2.15. The van der Waals surface area contributed by atoms with Crippen LogP contribution in [-0.2, 0) is 0 Å². The maximum atomic E-state index is 12.6. The summed E-state index contributed by atoms with van der Waals surface area (Å²) < 4.78 is 1.94. The number of aromatic amines is 1. The zero-order valence-corrected chi connectivity index (χ0v) is 13.7. The summed E-state index contributed by atoms with van der Waals surface area (Å²) in [4.78, 5) is 16.7. The van der Waals surface area contributed by atoms with E-state index in [1.165, 1.54) is 0 Å². The van der Waals surface area contributed by atoms with E-state index in [0.717, 1.165) is 22.2 Å². The molecule has 0 saturated carbocycles. The number of para-hydroxylation sites is 1. The molecule has 6 nitrogen and oxygen atoms in total. The van der Waals surface area contributed by atoms with Gasteiger partial charge in [-0.05, 0) is 30.7 Å². The number of benzene rings is 2. The second kappa shape index (κ2) is 6.24. The largest absolute Gasteiger partial charge is 0.345 e. The van der Waals surface area contributed by atoms with Crippen LogP contribution in [-0.4, -0.2) is 25.7 Å². The van der Waals surface area contributed by atoms with Gasteiger partial charge in [-0.1, -0.05) is 24.3 Å². The van der Waals surface area contributed by atoms with E-state index < -0.39 is 0 Å². The molecule has 6 heteroatoms. The molecule has 0 saturated heterocycles. The van der Waals surface area contributed by atoms with Crippen molar-refractivity contribution in [2.75, 3.05) is 0 Å². The highest BCUT2D eigenvalue weighted by molar-refractivity contribution is 6.05. The SMILES string of the molecule is CC(NC(=O)c1cccc2cn[nH]c12)c1ccc(-n2ccnc2)cc1. The van der Waals surface area contributed by atoms with Crippen molar-refractivity contribution in [3.63, 3.8) is 0 Å². The third-order valence-corrected chi connectivity index (χ3v) is 4.26. The van der Waals surface area contributed by atoms with E-state index in [0.29, 0.717) is 5.56 Å². The number of imidazole rings is 1. The fraction of sp³-hybridized carbons (Fsp3) is 0.105. The molecule has 1 amide bonds. The van der Waals surface area contributed by atoms with E-state index in [1.54, 1.807) is 24.8 Å². The van der Waals surface area contributed by atoms with E-state index in [2.05, 4.69) is 20.5 Å². The molecule has 0 radical (unpaired) electrons. The molecule has 1 unspecified atom stereocenters. The number of hydrogen-bond acceptors (Lipinski definition) is 3. The fourth-order valence-corrected chi connectivity index (χ4v) is 2.86. The molecule has 124 valence electrons. The zero-order chi connectivity index (χ0) is 17.2. The summed E-state index contributed by atoms with van der Waals surface area (Å²) >= 11 is 0. The second-order valence-electron chi connectivity index (χ2n) is 5.90. The Balaban J connectivity index is 1.52. The minimum absolute atomic E-state index is 0.109. The van der Waals surface area contributed by atoms with Crippen LogP contribution in [0.15, 0.2) is 67.4 Å². The second-order valence-corrected chi connectivity index (χ2v) is 5.90. The van der Waals surface area contributed by atoms with Crippen LogP contribution >= 0.6 is 0 Å². The topological polar surface area (TPSA) is 75.6 Å². The number of hydrogen-bond donors (Lipinski definition) is 2. The Morgan fingerprint density at radius 2 is 2.04 bits per heavy atom. The van der Waals surface area contributed by atoms with Crippen LogP contribution in [0.2, 0.25) is 0 Å². The molecule has 0 fully saturated rings. The van der Waals surface area contributed by atoms with E-state index in [-0.39, 0.29) is 11.9 Å². The molecule has 2 aromatic carbocycles. The van der Waals surface area contributed by atoms with Gasteiger partial charge in [0.25, 0.3) is 5.91 Å². The van der Waals surface area contributed by atoms with Crippen LogP contribution in [0, 0.1) is 0 Å². The lowest BCUT2D eigenvalue weighted by atomic mass is 10.1. The van der Waals surface area contributed by atoms with Crippen LogP contribution in [0.3, 0.4) is 0 Å². The first-order valence-corrected chi connectivity index (χ1v) is 8.03. The van der Waals surface area contributed by atoms with Crippen molar-refractivity contribution in [1.29, 1.82) is 0 Å². The maximum Gasteiger partial charge on any atom is 0.253 e. The lowest BCUT2D eigenvalue weighted by molar-refractivity contribution is 0.0941. The molecule has 2 aromatic heterocycles. The van der Waals surface area contributed by atoms with Crippen LogP contribution in [0.25, 0.3) is 16.6 Å². The lowest BCUT2D eigenvalue weighted by Crippen LogP contribution is -2.26. The number of nitrogens with zero attached hydrogens (tertiary/aromatic N) is 3. The number of rotatable bonds is 4. The number of carbonyl (C=O) groups excluding carboxylic acids is 1. The molecule has 2 heterocycles. The quantitative estimate of drug-likeness (QED) is 0.603. The molecular formula is C19H17N5O. The van der Waals surface area contributed by atoms with Gasteiger partial charge in [0.15, 0.2) is 0 Å². The Kier molecular flexibility index (Phi) is 3.78. The Morgan fingerprint density at radius 3 is 2.80 bits per heavy atom. The van der Waals surface area contributed by atoms with Crippen LogP contribution in [0.1, 0.15) is 28.9 Å². The van der Waals surface area contributed by atoms with Crippen molar-refractivity contribution in [2.24, 2.45) is 0 Å². The number of H-pyrrole nitrogens is 1. The van der Waals surface area contributed by atoms with Crippen molar-refractivity contribution in [3.05, 3.63) is 78.5 Å². The van der Waals surface area contributed by atoms with E-state index in [1.807, 2.05) is 54.1 Å². The van der Waals surface area contributed by atoms with Crippen LogP contribution in [0.5, 0.6) is 0 Å². The molecular weight excluding hydrogens is 314 g/mol. The number of fused-ring (bicyclic) bond motifs is 1. The van der Waals surface area contributed by atoms with Gasteiger partial charge in [-0.2, -0.15) is 5.10 Å². The predicted molar refractivity (Wildman–Crippen MR) is 95.5 cm³/mol. The van der Waals surface area contributed by atoms with Crippen molar-refractivity contribution in [2.45, 2.75) is 13.0 Å². The zero-order valence-electron chi connectivity index (χ0n) is 13.7. The average Bonchev–Trinajstić information content (AvgIpc) is 3.33. The van der Waals surface area contributed by atoms with Gasteiger partial charge in [-0.3, -0.25) is 9.89 Å². The smallest absolute Gasteiger partial charge is 0.253 e. The average molecular weight is 331 g/mol. The highest BCUT2D eigenvalue weighted by atomic mass is 16.1. The first kappa shape index (κ1) is 15.1. The van der Waals surface area contributed by atoms with E-state index >= 15 is 0 Å². The molecule has 0 aliphatic heterocycles. The fourth-order valence-electron chi connectivity index (χ4n) is 2.86. The molecule has 4 rings (SSSR count). The van der Waals surface area contributed by atoms with Gasteiger partial charge in [0, 0.05) is 23.5 Å². The number of nitrogens with one attached hydrogen (secondary N) is 2. The molecule has 2 N–H and O–H groups in total. The summed E-state index contributed by atoms with van der Waals surface area (Å²) in [5, 5.41) is 10.9. The number of aromatic nitrogens is 4. The monoisotopic (exact) mass is 331 g/mol. The molecule has 0 spiro atoms. The minimum atomic E-state index is -0.124. The van der Waals surface area contributed by atoms with Crippen molar-refractivity contribution >= 4 is 16.8 Å². The number of amides is 1. The summed E-state index contributed by atoms with van der Waals surface area (Å²) in [7, 11) is 0. The minimum Gasteiger partial charge on any atom is -0.345 e. The van der Waals surface area contributed by atoms with Gasteiger partial charge in [-0.15, -0.1) is 0 Å². The third kappa shape index (κ3) is 2.89. The Morgan fingerprint density at radius 1 is 1.20 bits per heavy atom. The summed E-state index contributed by atoms with van der Waals surface area (Å²) in [6.07, 6.45) is 7.10. The standard InChI is InChI=1S/C19H17N5O/c1-13(14-5-7-16(8-6-14)24-10-9-20-12-24)22-19(25)17-4-2-3-15-11-21-23-18(15)17/h2-13H,1H3,(H,21,23)(H,22,25). The van der Waals surface area contributed by atoms with Crippen LogP contribution in [0.4, 0.5) is 0 Å². The molecule has 1 atom stereocenters. The van der Waals surface area contributed by atoms with Gasteiger partial charge in [-0.25, -0.2) is 4.98 Å². The highest BCUT2D eigenvalue weighted by Crippen LogP contribution is 2.19. The first-order valence-electron chi connectivity index (χ1n) is 8.03. The molecule has 0 bridgehead atoms. The maximum absolute atomic E-state index is 12.6. The lowest BCUT2D eigenvalue weighted by Gasteiger charge is -2.15. The van der Waals surface area contributed by atoms with Gasteiger partial charge in [0.05, 0.1) is 29.6 Å². The predicted octanol–water partition coefficient (Wildman–Crippen LogP) is 3.24. The summed E-state index contributed by atoms with van der Waals surface area (Å²) in [5.41, 5.74) is 3.41. The molecule has 4 aromatic rings. The Hall–Kier alpha value is -3.41. The molecule has 25 heavy (non-hydrogen) atoms. The van der Waals surface area contributed by atoms with Gasteiger partial charge in [0.2, 0.25) is 0 Å². The van der Waals surface area contributed by atoms with E-state index in [4.69, 9.17) is 0 Å². The van der Waals surface area contributed by atoms with Crippen molar-refractivity contribution < 1.29 is 4.79 Å². The summed E-state index contributed by atoms with van der Waals surface area (Å²) in [6.45, 7) is 1.97. The van der Waals surface area contributed by atoms with E-state index in [9.17, 15) is 4.79 Å². The molecule has 0 aliphatic carbocycles. The van der Waals surface area contributed by atoms with Gasteiger partial charge in [0.1, 0.15) is 0 Å². The Bertz CT molecular complexity index is 1000. The normalized spacial score (nSPS) is 12.2.